The Morgan fingerprint density at radius 1 is 1.17 bits per heavy atom. The van der Waals surface area contributed by atoms with Crippen LogP contribution in [0.3, 0.4) is 0 Å². The van der Waals surface area contributed by atoms with Crippen molar-refractivity contribution in [1.29, 1.82) is 5.26 Å². The first-order chi connectivity index (χ1) is 11.3. The molecule has 1 aliphatic heterocycles. The van der Waals surface area contributed by atoms with Gasteiger partial charge in [0.2, 0.25) is 0 Å². The van der Waals surface area contributed by atoms with Crippen LogP contribution in [0.15, 0.2) is 54.2 Å². The zero-order valence-corrected chi connectivity index (χ0v) is 12.7. The lowest BCUT2D eigenvalue weighted by Crippen LogP contribution is -2.41. The molecule has 23 heavy (non-hydrogen) atoms. The van der Waals surface area contributed by atoms with Crippen molar-refractivity contribution in [3.8, 4) is 6.07 Å². The first-order valence-electron chi connectivity index (χ1n) is 7.51. The topological polar surface area (TPSA) is 65.4 Å². The summed E-state index contributed by atoms with van der Waals surface area (Å²) >= 11 is 0. The van der Waals surface area contributed by atoms with E-state index in [9.17, 15) is 10.1 Å². The maximum atomic E-state index is 12.4. The fourth-order valence-electron chi connectivity index (χ4n) is 2.58. The minimum absolute atomic E-state index is 0.0971. The van der Waals surface area contributed by atoms with Crippen LogP contribution in [0.4, 0.5) is 5.69 Å². The van der Waals surface area contributed by atoms with E-state index in [0.717, 1.165) is 16.5 Å². The van der Waals surface area contributed by atoms with Crippen LogP contribution in [0.25, 0.3) is 10.8 Å². The quantitative estimate of drug-likeness (QED) is 0.699. The van der Waals surface area contributed by atoms with E-state index in [1.165, 1.54) is 6.20 Å². The van der Waals surface area contributed by atoms with Gasteiger partial charge < -0.3 is 15.0 Å². The molecule has 0 unspecified atom stereocenters. The van der Waals surface area contributed by atoms with E-state index in [1.54, 1.807) is 4.90 Å². The Morgan fingerprint density at radius 3 is 2.70 bits per heavy atom. The minimum atomic E-state index is -0.261. The minimum Gasteiger partial charge on any atom is -0.378 e. The molecule has 1 saturated heterocycles. The Hall–Kier alpha value is -2.84. The van der Waals surface area contributed by atoms with Crippen molar-refractivity contribution < 1.29 is 9.53 Å². The number of benzene rings is 2. The van der Waals surface area contributed by atoms with Gasteiger partial charge >= 0.3 is 0 Å². The van der Waals surface area contributed by atoms with E-state index in [0.29, 0.717) is 26.3 Å². The van der Waals surface area contributed by atoms with Crippen molar-refractivity contribution in [1.82, 2.24) is 4.90 Å². The van der Waals surface area contributed by atoms with Crippen molar-refractivity contribution in [2.24, 2.45) is 0 Å². The zero-order chi connectivity index (χ0) is 16.1. The molecule has 3 rings (SSSR count). The summed E-state index contributed by atoms with van der Waals surface area (Å²) in [5, 5.41) is 14.5. The number of carbonyl (C=O) groups is 1. The normalized spacial score (nSPS) is 15.3. The predicted octanol–water partition coefficient (Wildman–Crippen LogP) is 2.52. The molecule has 116 valence electrons. The predicted molar refractivity (Wildman–Crippen MR) is 88.7 cm³/mol. The monoisotopic (exact) mass is 307 g/mol. The van der Waals surface area contributed by atoms with Crippen LogP contribution in [-0.4, -0.2) is 37.1 Å². The molecule has 1 heterocycles. The van der Waals surface area contributed by atoms with Crippen LogP contribution in [0.5, 0.6) is 0 Å². The van der Waals surface area contributed by atoms with Crippen molar-refractivity contribution >= 4 is 22.4 Å². The lowest BCUT2D eigenvalue weighted by atomic mass is 10.1. The molecule has 0 bridgehead atoms. The van der Waals surface area contributed by atoms with Gasteiger partial charge in [0.1, 0.15) is 11.6 Å². The van der Waals surface area contributed by atoms with Crippen LogP contribution in [0, 0.1) is 11.3 Å². The van der Waals surface area contributed by atoms with Crippen LogP contribution >= 0.6 is 0 Å². The number of ether oxygens (including phenoxy) is 1. The summed E-state index contributed by atoms with van der Waals surface area (Å²) in [6.45, 7) is 2.07. The average Bonchev–Trinajstić information content (AvgIpc) is 2.63. The first kappa shape index (κ1) is 15.1. The van der Waals surface area contributed by atoms with E-state index in [1.807, 2.05) is 48.5 Å². The lowest BCUT2D eigenvalue weighted by molar-refractivity contribution is -0.130. The number of hydrogen-bond donors (Lipinski definition) is 1. The highest BCUT2D eigenvalue weighted by molar-refractivity contribution is 5.99. The van der Waals surface area contributed by atoms with Crippen LogP contribution in [0.2, 0.25) is 0 Å². The molecule has 0 aliphatic carbocycles. The molecule has 5 nitrogen and oxygen atoms in total. The smallest absolute Gasteiger partial charge is 0.266 e. The fourth-order valence-corrected chi connectivity index (χ4v) is 2.58. The molecule has 0 spiro atoms. The molecule has 1 N–H and O–H groups in total. The second-order valence-corrected chi connectivity index (χ2v) is 5.25. The molecule has 2 aromatic rings. The Balaban J connectivity index is 1.81. The highest BCUT2D eigenvalue weighted by Gasteiger charge is 2.20. The number of fused-ring (bicyclic) bond motifs is 1. The summed E-state index contributed by atoms with van der Waals surface area (Å²) in [4.78, 5) is 14.0. The molecule has 1 amide bonds. The number of nitrogens with zero attached hydrogens (tertiary/aromatic N) is 2. The number of nitriles is 1. The van der Waals surface area contributed by atoms with Gasteiger partial charge in [-0.05, 0) is 11.5 Å². The molecule has 0 radical (unpaired) electrons. The van der Waals surface area contributed by atoms with Gasteiger partial charge in [-0.25, -0.2) is 0 Å². The molecule has 2 aromatic carbocycles. The Labute approximate surface area is 134 Å². The van der Waals surface area contributed by atoms with Crippen molar-refractivity contribution in [3.05, 3.63) is 54.2 Å². The van der Waals surface area contributed by atoms with Gasteiger partial charge in [0, 0.05) is 30.4 Å². The molecule has 1 fully saturated rings. The maximum Gasteiger partial charge on any atom is 0.266 e. The summed E-state index contributed by atoms with van der Waals surface area (Å²) in [5.41, 5.74) is 0.963. The molecular formula is C18H17N3O2. The third-order valence-electron chi connectivity index (χ3n) is 3.81. The fraction of sp³-hybridized carbons (Fsp3) is 0.222. The Bertz CT molecular complexity index is 781. The van der Waals surface area contributed by atoms with Gasteiger partial charge in [-0.1, -0.05) is 36.4 Å². The van der Waals surface area contributed by atoms with E-state index >= 15 is 0 Å². The lowest BCUT2D eigenvalue weighted by Gasteiger charge is -2.26. The second kappa shape index (κ2) is 6.95. The summed E-state index contributed by atoms with van der Waals surface area (Å²) in [6.07, 6.45) is 1.49. The molecule has 1 aliphatic rings. The SMILES string of the molecule is N#C/C(=C/Nc1cccc2ccccc12)C(=O)N1CCOCC1. The molecule has 5 heteroatoms. The van der Waals surface area contributed by atoms with Gasteiger partial charge in [0.15, 0.2) is 0 Å². The Kier molecular flexibility index (Phi) is 4.55. The first-order valence-corrected chi connectivity index (χ1v) is 7.51. The van der Waals surface area contributed by atoms with E-state index < -0.39 is 0 Å². The molecular weight excluding hydrogens is 290 g/mol. The zero-order valence-electron chi connectivity index (χ0n) is 12.7. The highest BCUT2D eigenvalue weighted by atomic mass is 16.5. The number of hydrogen-bond acceptors (Lipinski definition) is 4. The molecule has 0 aromatic heterocycles. The number of amides is 1. The van der Waals surface area contributed by atoms with Crippen molar-refractivity contribution in [3.63, 3.8) is 0 Å². The van der Waals surface area contributed by atoms with Gasteiger partial charge in [-0.2, -0.15) is 5.26 Å². The van der Waals surface area contributed by atoms with Crippen LogP contribution < -0.4 is 5.32 Å². The summed E-state index contributed by atoms with van der Waals surface area (Å²) < 4.78 is 5.23. The maximum absolute atomic E-state index is 12.4. The second-order valence-electron chi connectivity index (χ2n) is 5.25. The number of anilines is 1. The van der Waals surface area contributed by atoms with E-state index in [4.69, 9.17) is 4.74 Å². The summed E-state index contributed by atoms with van der Waals surface area (Å²) in [7, 11) is 0. The van der Waals surface area contributed by atoms with Gasteiger partial charge in [0.05, 0.1) is 13.2 Å². The van der Waals surface area contributed by atoms with Gasteiger partial charge in [0.25, 0.3) is 5.91 Å². The van der Waals surface area contributed by atoms with Crippen LogP contribution in [0.1, 0.15) is 0 Å². The molecule has 0 saturated carbocycles. The van der Waals surface area contributed by atoms with Gasteiger partial charge in [-0.3, -0.25) is 4.79 Å². The van der Waals surface area contributed by atoms with E-state index in [-0.39, 0.29) is 11.5 Å². The van der Waals surface area contributed by atoms with Gasteiger partial charge in [-0.15, -0.1) is 0 Å². The van der Waals surface area contributed by atoms with Crippen LogP contribution in [-0.2, 0) is 9.53 Å². The standard InChI is InChI=1S/C18H17N3O2/c19-12-15(18(22)21-8-10-23-11-9-21)13-20-17-7-3-5-14-4-1-2-6-16(14)17/h1-7,13,20H,8-11H2/b15-13-. The number of carbonyl (C=O) groups excluding carboxylic acids is 1. The number of morpholine rings is 1. The highest BCUT2D eigenvalue weighted by Crippen LogP contribution is 2.23. The van der Waals surface area contributed by atoms with Crippen molar-refractivity contribution in [2.45, 2.75) is 0 Å². The number of nitrogens with one attached hydrogen (secondary N) is 1. The average molecular weight is 307 g/mol. The third-order valence-corrected chi connectivity index (χ3v) is 3.81. The third kappa shape index (κ3) is 3.33. The summed E-state index contributed by atoms with van der Waals surface area (Å²) in [5.74, 6) is -0.261. The summed E-state index contributed by atoms with van der Waals surface area (Å²) in [6, 6.07) is 15.8. The van der Waals surface area contributed by atoms with E-state index in [2.05, 4.69) is 5.32 Å². The number of rotatable bonds is 3. The molecule has 0 atom stereocenters. The van der Waals surface area contributed by atoms with Crippen molar-refractivity contribution in [2.75, 3.05) is 31.6 Å². The Morgan fingerprint density at radius 2 is 1.91 bits per heavy atom. The largest absolute Gasteiger partial charge is 0.378 e.